The summed E-state index contributed by atoms with van der Waals surface area (Å²) in [7, 11) is 0. The number of hydrogen-bond acceptors (Lipinski definition) is 0. The Balaban J connectivity index is 2.28. The minimum atomic E-state index is -0.135. The van der Waals surface area contributed by atoms with Crippen molar-refractivity contribution in [3.8, 4) is 0 Å². The molecular formula is C9H9F. The van der Waals surface area contributed by atoms with Gasteiger partial charge in [-0.2, -0.15) is 0 Å². The van der Waals surface area contributed by atoms with Crippen molar-refractivity contribution in [3.05, 3.63) is 35.6 Å². The molecule has 52 valence electrons. The Bertz CT molecular complexity index is 221. The lowest BCUT2D eigenvalue weighted by molar-refractivity contribution is 0.627. The molecule has 1 heteroatoms. The van der Waals surface area contributed by atoms with Crippen LogP contribution in [0.5, 0.6) is 0 Å². The fourth-order valence-electron chi connectivity index (χ4n) is 1.15. The maximum Gasteiger partial charge on any atom is 0.123 e. The fraction of sp³-hybridized carbons (Fsp3) is 0.333. The van der Waals surface area contributed by atoms with Crippen LogP contribution in [0.2, 0.25) is 0 Å². The normalized spacial score (nSPS) is 17.3. The summed E-state index contributed by atoms with van der Waals surface area (Å²) in [5, 5.41) is 0. The van der Waals surface area contributed by atoms with Gasteiger partial charge in [0, 0.05) is 0 Å². The Morgan fingerprint density at radius 3 is 2.20 bits per heavy atom. The standard InChI is InChI=1S/C9H9F/c10-9-5-3-8(4-6-9)7-1-2-7/h3-7H,1-2H2. The quantitative estimate of drug-likeness (QED) is 0.556. The number of benzene rings is 1. The van der Waals surface area contributed by atoms with Crippen LogP contribution < -0.4 is 0 Å². The molecule has 1 aliphatic rings. The summed E-state index contributed by atoms with van der Waals surface area (Å²) in [5.74, 6) is 0.602. The highest BCUT2D eigenvalue weighted by Crippen LogP contribution is 2.39. The monoisotopic (exact) mass is 136 g/mol. The van der Waals surface area contributed by atoms with E-state index in [1.165, 1.54) is 30.5 Å². The summed E-state index contributed by atoms with van der Waals surface area (Å²) in [6.45, 7) is 0. The van der Waals surface area contributed by atoms with Crippen LogP contribution in [0, 0.1) is 5.82 Å². The zero-order valence-electron chi connectivity index (χ0n) is 5.68. The Labute approximate surface area is 59.7 Å². The number of hydrogen-bond donors (Lipinski definition) is 0. The van der Waals surface area contributed by atoms with E-state index in [0.29, 0.717) is 0 Å². The number of rotatable bonds is 1. The highest BCUT2D eigenvalue weighted by atomic mass is 19.1. The minimum Gasteiger partial charge on any atom is -0.207 e. The SMILES string of the molecule is Fc1ccc(C2CC2)cc1. The molecule has 0 unspecified atom stereocenters. The maximum absolute atomic E-state index is 12.4. The molecule has 0 aliphatic heterocycles. The van der Waals surface area contributed by atoms with Gasteiger partial charge < -0.3 is 0 Å². The zero-order valence-corrected chi connectivity index (χ0v) is 5.68. The van der Waals surface area contributed by atoms with Gasteiger partial charge >= 0.3 is 0 Å². The Kier molecular flexibility index (Phi) is 1.23. The molecule has 0 saturated heterocycles. The van der Waals surface area contributed by atoms with Crippen molar-refractivity contribution in [1.29, 1.82) is 0 Å². The second kappa shape index (κ2) is 2.08. The maximum atomic E-state index is 12.4. The van der Waals surface area contributed by atoms with E-state index in [1.807, 2.05) is 12.1 Å². The molecule has 0 N–H and O–H groups in total. The van der Waals surface area contributed by atoms with Gasteiger partial charge in [0.25, 0.3) is 0 Å². The predicted octanol–water partition coefficient (Wildman–Crippen LogP) is 2.70. The first-order valence-corrected chi connectivity index (χ1v) is 3.62. The van der Waals surface area contributed by atoms with Crippen LogP contribution in [0.25, 0.3) is 0 Å². The van der Waals surface area contributed by atoms with E-state index < -0.39 is 0 Å². The van der Waals surface area contributed by atoms with Crippen molar-refractivity contribution in [2.24, 2.45) is 0 Å². The average molecular weight is 136 g/mol. The summed E-state index contributed by atoms with van der Waals surface area (Å²) in [4.78, 5) is 0. The van der Waals surface area contributed by atoms with E-state index in [-0.39, 0.29) is 5.82 Å². The van der Waals surface area contributed by atoms with E-state index in [0.717, 1.165) is 5.92 Å². The first-order chi connectivity index (χ1) is 4.86. The Hall–Kier alpha value is -0.850. The lowest BCUT2D eigenvalue weighted by atomic mass is 10.1. The van der Waals surface area contributed by atoms with Crippen molar-refractivity contribution < 1.29 is 4.39 Å². The van der Waals surface area contributed by atoms with Crippen LogP contribution in [-0.4, -0.2) is 0 Å². The van der Waals surface area contributed by atoms with Crippen molar-refractivity contribution in [2.75, 3.05) is 0 Å². The lowest BCUT2D eigenvalue weighted by Gasteiger charge is -1.94. The van der Waals surface area contributed by atoms with E-state index in [4.69, 9.17) is 0 Å². The van der Waals surface area contributed by atoms with E-state index in [1.54, 1.807) is 0 Å². The molecule has 1 aromatic carbocycles. The molecule has 1 aliphatic carbocycles. The van der Waals surface area contributed by atoms with Crippen LogP contribution in [-0.2, 0) is 0 Å². The molecule has 1 fully saturated rings. The van der Waals surface area contributed by atoms with Gasteiger partial charge in [0.1, 0.15) is 5.82 Å². The van der Waals surface area contributed by atoms with Gasteiger partial charge in [0.05, 0.1) is 0 Å². The fourth-order valence-corrected chi connectivity index (χ4v) is 1.15. The summed E-state index contributed by atoms with van der Waals surface area (Å²) in [5.41, 5.74) is 1.29. The first kappa shape index (κ1) is 5.90. The van der Waals surface area contributed by atoms with Crippen LogP contribution in [0.3, 0.4) is 0 Å². The smallest absolute Gasteiger partial charge is 0.123 e. The van der Waals surface area contributed by atoms with Crippen LogP contribution in [0.15, 0.2) is 24.3 Å². The Morgan fingerprint density at radius 1 is 1.10 bits per heavy atom. The third-order valence-electron chi connectivity index (χ3n) is 1.92. The molecular weight excluding hydrogens is 127 g/mol. The van der Waals surface area contributed by atoms with Gasteiger partial charge in [-0.05, 0) is 36.5 Å². The van der Waals surface area contributed by atoms with Gasteiger partial charge in [-0.3, -0.25) is 0 Å². The van der Waals surface area contributed by atoms with Crippen molar-refractivity contribution >= 4 is 0 Å². The Morgan fingerprint density at radius 2 is 1.70 bits per heavy atom. The third kappa shape index (κ3) is 1.04. The summed E-state index contributed by atoms with van der Waals surface area (Å²) in [6.07, 6.45) is 2.57. The molecule has 0 bridgehead atoms. The molecule has 1 aromatic rings. The number of halogens is 1. The topological polar surface area (TPSA) is 0 Å². The first-order valence-electron chi connectivity index (χ1n) is 3.62. The van der Waals surface area contributed by atoms with E-state index >= 15 is 0 Å². The molecule has 0 radical (unpaired) electrons. The summed E-state index contributed by atoms with van der Waals surface area (Å²) >= 11 is 0. The lowest BCUT2D eigenvalue weighted by Crippen LogP contribution is -1.78. The van der Waals surface area contributed by atoms with Crippen LogP contribution in [0.1, 0.15) is 24.3 Å². The van der Waals surface area contributed by atoms with Crippen molar-refractivity contribution in [2.45, 2.75) is 18.8 Å². The van der Waals surface area contributed by atoms with Crippen LogP contribution >= 0.6 is 0 Å². The molecule has 1 saturated carbocycles. The van der Waals surface area contributed by atoms with Gasteiger partial charge in [-0.25, -0.2) is 4.39 Å². The predicted molar refractivity (Wildman–Crippen MR) is 38.4 cm³/mol. The molecule has 0 aromatic heterocycles. The molecule has 0 amide bonds. The van der Waals surface area contributed by atoms with Gasteiger partial charge in [-0.1, -0.05) is 12.1 Å². The molecule has 0 spiro atoms. The van der Waals surface area contributed by atoms with Crippen molar-refractivity contribution in [3.63, 3.8) is 0 Å². The van der Waals surface area contributed by atoms with Gasteiger partial charge in [0.15, 0.2) is 0 Å². The second-order valence-corrected chi connectivity index (χ2v) is 2.83. The van der Waals surface area contributed by atoms with E-state index in [9.17, 15) is 4.39 Å². The van der Waals surface area contributed by atoms with Crippen LogP contribution in [0.4, 0.5) is 4.39 Å². The summed E-state index contributed by atoms with van der Waals surface area (Å²) < 4.78 is 12.4. The molecule has 0 heterocycles. The molecule has 0 atom stereocenters. The molecule has 10 heavy (non-hydrogen) atoms. The second-order valence-electron chi connectivity index (χ2n) is 2.83. The average Bonchev–Trinajstić information content (AvgIpc) is 2.71. The minimum absolute atomic E-state index is 0.135. The van der Waals surface area contributed by atoms with E-state index in [2.05, 4.69) is 0 Å². The highest BCUT2D eigenvalue weighted by Gasteiger charge is 2.22. The van der Waals surface area contributed by atoms with Gasteiger partial charge in [0.2, 0.25) is 0 Å². The van der Waals surface area contributed by atoms with Gasteiger partial charge in [-0.15, -0.1) is 0 Å². The molecule has 2 rings (SSSR count). The van der Waals surface area contributed by atoms with Crippen molar-refractivity contribution in [1.82, 2.24) is 0 Å². The molecule has 0 nitrogen and oxygen atoms in total. The highest BCUT2D eigenvalue weighted by molar-refractivity contribution is 5.23. The zero-order chi connectivity index (χ0) is 6.97. The third-order valence-corrected chi connectivity index (χ3v) is 1.92. The summed E-state index contributed by atoms with van der Waals surface area (Å²) in [6, 6.07) is 6.83. The largest absolute Gasteiger partial charge is 0.207 e.